The van der Waals surface area contributed by atoms with Gasteiger partial charge in [-0.05, 0) is 12.8 Å². The molecular formula is C4H12ClNO7P2. The summed E-state index contributed by atoms with van der Waals surface area (Å²) in [5.74, 6) is 0. The molecular weight excluding hydrogens is 271 g/mol. The number of nitrogens with zero attached hydrogens (tertiary/aromatic N) is 1. The van der Waals surface area contributed by atoms with Crippen molar-refractivity contribution in [2.45, 2.75) is 18.3 Å². The smallest absolute Gasteiger partial charge is 0.396 e. The Hall–Kier alpha value is 0.510. The fourth-order valence-electron chi connectivity index (χ4n) is 0.853. The fourth-order valence-corrected chi connectivity index (χ4v) is 3.79. The summed E-state index contributed by atoms with van der Waals surface area (Å²) in [5, 5.41) is 8.44. The SMILES string of the molecule is O=P(O)(O)N(C(Cl)CCCO)P(=O)(O)O. The van der Waals surface area contributed by atoms with Gasteiger partial charge in [0.2, 0.25) is 0 Å². The highest BCUT2D eigenvalue weighted by Crippen LogP contribution is 2.60. The number of rotatable bonds is 6. The molecule has 0 aliphatic rings. The lowest BCUT2D eigenvalue weighted by Gasteiger charge is -2.27. The van der Waals surface area contributed by atoms with Crippen LogP contribution < -0.4 is 0 Å². The summed E-state index contributed by atoms with van der Waals surface area (Å²) in [5.41, 5.74) is -1.54. The monoisotopic (exact) mass is 283 g/mol. The van der Waals surface area contributed by atoms with E-state index in [4.69, 9.17) is 36.3 Å². The fraction of sp³-hybridized carbons (Fsp3) is 1.00. The Labute approximate surface area is 90.9 Å². The van der Waals surface area contributed by atoms with E-state index in [1.54, 1.807) is 0 Å². The van der Waals surface area contributed by atoms with Crippen molar-refractivity contribution in [1.29, 1.82) is 0 Å². The summed E-state index contributed by atoms with van der Waals surface area (Å²) in [7, 11) is -10.3. The largest absolute Gasteiger partial charge is 0.413 e. The zero-order chi connectivity index (χ0) is 12.3. The van der Waals surface area contributed by atoms with Crippen LogP contribution in [0.15, 0.2) is 0 Å². The molecule has 0 aromatic heterocycles. The summed E-state index contributed by atoms with van der Waals surface area (Å²) in [4.78, 5) is 34.7. The molecule has 0 heterocycles. The van der Waals surface area contributed by atoms with Crippen LogP contribution in [0.2, 0.25) is 0 Å². The molecule has 0 aromatic rings. The van der Waals surface area contributed by atoms with Gasteiger partial charge in [0.1, 0.15) is 5.50 Å². The van der Waals surface area contributed by atoms with Crippen LogP contribution in [0.1, 0.15) is 12.8 Å². The molecule has 0 aliphatic heterocycles. The van der Waals surface area contributed by atoms with Crippen molar-refractivity contribution in [2.75, 3.05) is 6.61 Å². The van der Waals surface area contributed by atoms with Crippen LogP contribution in [0.5, 0.6) is 0 Å². The first-order valence-electron chi connectivity index (χ1n) is 3.77. The minimum atomic E-state index is -5.14. The summed E-state index contributed by atoms with van der Waals surface area (Å²) in [6.07, 6.45) is -0.0844. The molecule has 0 fully saturated rings. The van der Waals surface area contributed by atoms with Crippen LogP contribution in [0.3, 0.4) is 0 Å². The Bertz CT molecular complexity index is 265. The van der Waals surface area contributed by atoms with Crippen LogP contribution in [0, 0.1) is 0 Å². The Balaban J connectivity index is 4.82. The number of alkyl halides is 1. The van der Waals surface area contributed by atoms with Gasteiger partial charge in [0.05, 0.1) is 0 Å². The van der Waals surface area contributed by atoms with Crippen molar-refractivity contribution in [2.24, 2.45) is 0 Å². The quantitative estimate of drug-likeness (QED) is 0.257. The zero-order valence-electron chi connectivity index (χ0n) is 7.47. The van der Waals surface area contributed by atoms with Gasteiger partial charge in [-0.1, -0.05) is 4.44 Å². The van der Waals surface area contributed by atoms with Gasteiger partial charge in [-0.15, -0.1) is 11.6 Å². The van der Waals surface area contributed by atoms with Crippen molar-refractivity contribution in [3.05, 3.63) is 0 Å². The van der Waals surface area contributed by atoms with Crippen LogP contribution in [0.25, 0.3) is 0 Å². The second kappa shape index (κ2) is 5.72. The summed E-state index contributed by atoms with van der Waals surface area (Å²) in [6, 6.07) is 0. The van der Waals surface area contributed by atoms with Gasteiger partial charge in [-0.25, -0.2) is 9.13 Å². The molecule has 8 nitrogen and oxygen atoms in total. The van der Waals surface area contributed by atoms with E-state index >= 15 is 0 Å². The highest BCUT2D eigenvalue weighted by Gasteiger charge is 2.44. The standard InChI is InChI=1S/C4H12ClNO7P2/c5-4(2-1-3-7)6(14(8,9)10)15(11,12)13/h4,7H,1-3H2,(H2,8,9,10)(H2,11,12,13). The molecule has 0 aliphatic carbocycles. The molecule has 0 saturated carbocycles. The number of aliphatic hydroxyl groups is 1. The van der Waals surface area contributed by atoms with Crippen LogP contribution >= 0.6 is 27.1 Å². The molecule has 0 spiro atoms. The van der Waals surface area contributed by atoms with Gasteiger partial charge in [-0.2, -0.15) is 0 Å². The van der Waals surface area contributed by atoms with Crippen molar-refractivity contribution < 1.29 is 33.8 Å². The number of halogens is 1. The van der Waals surface area contributed by atoms with Gasteiger partial charge in [0, 0.05) is 6.61 Å². The number of hydrogen-bond acceptors (Lipinski definition) is 3. The zero-order valence-corrected chi connectivity index (χ0v) is 10.0. The second-order valence-electron chi connectivity index (χ2n) is 2.65. The Morgan fingerprint density at radius 1 is 1.13 bits per heavy atom. The molecule has 92 valence electrons. The van der Waals surface area contributed by atoms with E-state index in [1.165, 1.54) is 0 Å². The van der Waals surface area contributed by atoms with Crippen LogP contribution in [0.4, 0.5) is 0 Å². The van der Waals surface area contributed by atoms with Crippen molar-refractivity contribution >= 4 is 27.1 Å². The van der Waals surface area contributed by atoms with E-state index in [0.29, 0.717) is 0 Å². The van der Waals surface area contributed by atoms with Crippen LogP contribution in [-0.2, 0) is 9.13 Å². The maximum Gasteiger partial charge on any atom is 0.413 e. The summed E-state index contributed by atoms with van der Waals surface area (Å²) in [6.45, 7) is -0.292. The summed E-state index contributed by atoms with van der Waals surface area (Å²) < 4.78 is 21.2. The maximum absolute atomic E-state index is 10.8. The minimum Gasteiger partial charge on any atom is -0.396 e. The molecule has 15 heavy (non-hydrogen) atoms. The third-order valence-electron chi connectivity index (χ3n) is 1.38. The first kappa shape index (κ1) is 15.5. The van der Waals surface area contributed by atoms with E-state index in [2.05, 4.69) is 0 Å². The van der Waals surface area contributed by atoms with Crippen molar-refractivity contribution in [3.8, 4) is 0 Å². The van der Waals surface area contributed by atoms with Gasteiger partial charge >= 0.3 is 15.5 Å². The first-order chi connectivity index (χ1) is 6.60. The molecule has 0 amide bonds. The van der Waals surface area contributed by atoms with Crippen molar-refractivity contribution in [3.63, 3.8) is 0 Å². The molecule has 0 rings (SSSR count). The highest BCUT2D eigenvalue weighted by molar-refractivity contribution is 7.65. The molecule has 0 aromatic carbocycles. The van der Waals surface area contributed by atoms with Gasteiger partial charge < -0.3 is 24.7 Å². The predicted molar refractivity (Wildman–Crippen MR) is 51.9 cm³/mol. The molecule has 0 bridgehead atoms. The third-order valence-corrected chi connectivity index (χ3v) is 5.09. The van der Waals surface area contributed by atoms with E-state index in [9.17, 15) is 9.13 Å². The molecule has 5 N–H and O–H groups in total. The lowest BCUT2D eigenvalue weighted by atomic mass is 10.3. The van der Waals surface area contributed by atoms with E-state index in [-0.39, 0.29) is 23.9 Å². The van der Waals surface area contributed by atoms with E-state index in [0.717, 1.165) is 0 Å². The van der Waals surface area contributed by atoms with E-state index < -0.39 is 21.0 Å². The Morgan fingerprint density at radius 2 is 1.53 bits per heavy atom. The number of aliphatic hydroxyl groups excluding tert-OH is 1. The lowest BCUT2D eigenvalue weighted by molar-refractivity contribution is 0.243. The number of hydrogen-bond donors (Lipinski definition) is 5. The average molecular weight is 284 g/mol. The maximum atomic E-state index is 10.8. The molecule has 1 atom stereocenters. The Kier molecular flexibility index (Phi) is 5.92. The topological polar surface area (TPSA) is 139 Å². The normalized spacial score (nSPS) is 15.7. The minimum absolute atomic E-state index is 0.0741. The first-order valence-corrected chi connectivity index (χ1v) is 7.33. The van der Waals surface area contributed by atoms with Gasteiger partial charge in [0.15, 0.2) is 0 Å². The molecule has 0 radical (unpaired) electrons. The van der Waals surface area contributed by atoms with Gasteiger partial charge in [0.25, 0.3) is 0 Å². The highest BCUT2D eigenvalue weighted by atomic mass is 35.5. The summed E-state index contributed by atoms with van der Waals surface area (Å²) >= 11 is 5.43. The third kappa shape index (κ3) is 5.40. The van der Waals surface area contributed by atoms with E-state index in [1.807, 2.05) is 0 Å². The van der Waals surface area contributed by atoms with Crippen LogP contribution in [-0.4, -0.2) is 41.2 Å². The van der Waals surface area contributed by atoms with Gasteiger partial charge in [-0.3, -0.25) is 0 Å². The predicted octanol–water partition coefficient (Wildman–Crippen LogP) is -0.189. The molecule has 1 unspecified atom stereocenters. The van der Waals surface area contributed by atoms with Crippen molar-refractivity contribution in [1.82, 2.24) is 4.44 Å². The molecule has 0 saturated heterocycles. The Morgan fingerprint density at radius 3 is 1.80 bits per heavy atom. The molecule has 11 heteroatoms. The second-order valence-corrected chi connectivity index (χ2v) is 6.38. The lowest BCUT2D eigenvalue weighted by Crippen LogP contribution is -2.25. The average Bonchev–Trinajstić information content (AvgIpc) is 1.94.